The van der Waals surface area contributed by atoms with Gasteiger partial charge in [0.2, 0.25) is 5.91 Å². The van der Waals surface area contributed by atoms with Crippen LogP contribution in [0.2, 0.25) is 0 Å². The molecule has 0 N–H and O–H groups in total. The average molecular weight is 336 g/mol. The number of likely N-dealkylation sites (tertiary alicyclic amines) is 1. The molecule has 2 fully saturated rings. The first-order valence-corrected chi connectivity index (χ1v) is 9.53. The summed E-state index contributed by atoms with van der Waals surface area (Å²) in [4.78, 5) is 29.5. The Kier molecular flexibility index (Phi) is 5.30. The number of amides is 2. The Morgan fingerprint density at radius 2 is 2.09 bits per heavy atom. The van der Waals surface area contributed by atoms with Crippen LogP contribution in [-0.2, 0) is 4.79 Å². The van der Waals surface area contributed by atoms with Crippen molar-refractivity contribution in [2.45, 2.75) is 50.4 Å². The molecule has 2 aliphatic heterocycles. The van der Waals surface area contributed by atoms with Crippen LogP contribution in [0.25, 0.3) is 0 Å². The van der Waals surface area contributed by atoms with Crippen molar-refractivity contribution in [3.63, 3.8) is 0 Å². The lowest BCUT2D eigenvalue weighted by molar-refractivity contribution is -0.136. The van der Waals surface area contributed by atoms with E-state index in [4.69, 9.17) is 4.42 Å². The minimum atomic E-state index is -0.354. The lowest BCUT2D eigenvalue weighted by atomic mass is 10.1. The van der Waals surface area contributed by atoms with Crippen molar-refractivity contribution in [3.8, 4) is 0 Å². The van der Waals surface area contributed by atoms with Gasteiger partial charge in [0.05, 0.1) is 11.6 Å². The van der Waals surface area contributed by atoms with E-state index in [1.807, 2.05) is 4.90 Å². The third-order valence-electron chi connectivity index (χ3n) is 4.55. The molecule has 126 valence electrons. The first-order valence-electron chi connectivity index (χ1n) is 8.49. The van der Waals surface area contributed by atoms with E-state index in [1.165, 1.54) is 12.7 Å². The van der Waals surface area contributed by atoms with Gasteiger partial charge >= 0.3 is 0 Å². The Morgan fingerprint density at radius 3 is 2.74 bits per heavy atom. The van der Waals surface area contributed by atoms with Gasteiger partial charge in [-0.3, -0.25) is 9.59 Å². The van der Waals surface area contributed by atoms with E-state index < -0.39 is 0 Å². The molecule has 2 saturated heterocycles. The van der Waals surface area contributed by atoms with Crippen molar-refractivity contribution in [1.29, 1.82) is 0 Å². The van der Waals surface area contributed by atoms with Crippen LogP contribution in [0.15, 0.2) is 22.8 Å². The maximum Gasteiger partial charge on any atom is 0.291 e. The van der Waals surface area contributed by atoms with E-state index >= 15 is 0 Å². The molecule has 0 bridgehead atoms. The van der Waals surface area contributed by atoms with E-state index in [0.29, 0.717) is 11.5 Å². The normalized spacial score (nSPS) is 24.9. The molecule has 1 aromatic rings. The largest absolute Gasteiger partial charge is 0.459 e. The second kappa shape index (κ2) is 7.43. The van der Waals surface area contributed by atoms with Gasteiger partial charge in [-0.2, -0.15) is 0 Å². The molecule has 3 rings (SSSR count). The third-order valence-corrected chi connectivity index (χ3v) is 5.90. The number of nitrogens with zero attached hydrogens (tertiary/aromatic N) is 2. The third kappa shape index (κ3) is 3.42. The van der Waals surface area contributed by atoms with Gasteiger partial charge in [0.15, 0.2) is 5.76 Å². The fraction of sp³-hybridized carbons (Fsp3) is 0.647. The Bertz CT molecular complexity index is 540. The van der Waals surface area contributed by atoms with Crippen molar-refractivity contribution in [2.75, 3.05) is 18.8 Å². The van der Waals surface area contributed by atoms with Crippen molar-refractivity contribution in [1.82, 2.24) is 9.80 Å². The average Bonchev–Trinajstić information content (AvgIpc) is 3.25. The monoisotopic (exact) mass is 336 g/mol. The number of furan rings is 1. The SMILES string of the molecule is CCCC1SCC(C(=O)N2CCCCC2)N1C(=O)c1ccco1. The Labute approximate surface area is 141 Å². The maximum atomic E-state index is 12.9. The second-order valence-electron chi connectivity index (χ2n) is 6.17. The summed E-state index contributed by atoms with van der Waals surface area (Å²) in [5, 5.41) is 0.0661. The van der Waals surface area contributed by atoms with Crippen LogP contribution in [0.1, 0.15) is 49.6 Å². The molecule has 5 nitrogen and oxygen atoms in total. The zero-order valence-electron chi connectivity index (χ0n) is 13.6. The summed E-state index contributed by atoms with van der Waals surface area (Å²) in [7, 11) is 0. The second-order valence-corrected chi connectivity index (χ2v) is 7.38. The highest BCUT2D eigenvalue weighted by molar-refractivity contribution is 8.00. The summed E-state index contributed by atoms with van der Waals surface area (Å²) < 4.78 is 5.28. The molecule has 2 aliphatic rings. The highest BCUT2D eigenvalue weighted by Gasteiger charge is 2.43. The van der Waals surface area contributed by atoms with E-state index in [0.717, 1.165) is 38.8 Å². The van der Waals surface area contributed by atoms with Gasteiger partial charge in [-0.05, 0) is 37.8 Å². The van der Waals surface area contributed by atoms with Crippen LogP contribution in [0.3, 0.4) is 0 Å². The van der Waals surface area contributed by atoms with Gasteiger partial charge < -0.3 is 14.2 Å². The van der Waals surface area contributed by atoms with Crippen molar-refractivity contribution in [2.24, 2.45) is 0 Å². The molecule has 23 heavy (non-hydrogen) atoms. The smallest absolute Gasteiger partial charge is 0.291 e. The standard InChI is InChI=1S/C17H24N2O3S/c1-2-7-15-19(17(21)14-8-6-11-22-14)13(12-23-15)16(20)18-9-4-3-5-10-18/h6,8,11,13,15H,2-5,7,9-10,12H2,1H3. The summed E-state index contributed by atoms with van der Waals surface area (Å²) in [6, 6.07) is 3.04. The van der Waals surface area contributed by atoms with Crippen LogP contribution in [0, 0.1) is 0 Å². The van der Waals surface area contributed by atoms with Gasteiger partial charge in [-0.15, -0.1) is 11.8 Å². The fourth-order valence-electron chi connectivity index (χ4n) is 3.35. The van der Waals surface area contributed by atoms with Crippen molar-refractivity contribution in [3.05, 3.63) is 24.2 Å². The highest BCUT2D eigenvalue weighted by Crippen LogP contribution is 2.34. The first-order chi connectivity index (χ1) is 11.2. The van der Waals surface area contributed by atoms with E-state index in [-0.39, 0.29) is 23.2 Å². The molecule has 1 aromatic heterocycles. The van der Waals surface area contributed by atoms with Crippen molar-refractivity contribution < 1.29 is 14.0 Å². The summed E-state index contributed by atoms with van der Waals surface area (Å²) in [6.45, 7) is 3.75. The topological polar surface area (TPSA) is 53.8 Å². The minimum absolute atomic E-state index is 0.0661. The number of rotatable bonds is 4. The number of hydrogen-bond donors (Lipinski definition) is 0. The molecule has 0 radical (unpaired) electrons. The highest BCUT2D eigenvalue weighted by atomic mass is 32.2. The Hall–Kier alpha value is -1.43. The maximum absolute atomic E-state index is 12.9. The minimum Gasteiger partial charge on any atom is -0.459 e. The molecule has 0 aromatic carbocycles. The fourth-order valence-corrected chi connectivity index (χ4v) is 4.86. The number of piperidine rings is 1. The molecule has 2 unspecified atom stereocenters. The van der Waals surface area contributed by atoms with Gasteiger partial charge in [0.1, 0.15) is 6.04 Å². The van der Waals surface area contributed by atoms with Gasteiger partial charge in [-0.25, -0.2) is 0 Å². The zero-order valence-corrected chi connectivity index (χ0v) is 14.4. The van der Waals surface area contributed by atoms with E-state index in [9.17, 15) is 9.59 Å². The van der Waals surface area contributed by atoms with E-state index in [1.54, 1.807) is 28.8 Å². The summed E-state index contributed by atoms with van der Waals surface area (Å²) in [6.07, 6.45) is 6.72. The van der Waals surface area contributed by atoms with Gasteiger partial charge in [0.25, 0.3) is 5.91 Å². The van der Waals surface area contributed by atoms with Gasteiger partial charge in [0, 0.05) is 18.8 Å². The molecule has 2 atom stereocenters. The van der Waals surface area contributed by atoms with Crippen LogP contribution in [0.4, 0.5) is 0 Å². The van der Waals surface area contributed by atoms with E-state index in [2.05, 4.69) is 6.92 Å². The predicted molar refractivity (Wildman–Crippen MR) is 90.3 cm³/mol. The molecule has 0 aliphatic carbocycles. The summed E-state index contributed by atoms with van der Waals surface area (Å²) in [5.74, 6) is 0.960. The molecule has 2 amide bonds. The number of hydrogen-bond acceptors (Lipinski definition) is 4. The number of thioether (sulfide) groups is 1. The van der Waals surface area contributed by atoms with Crippen LogP contribution in [-0.4, -0.2) is 51.9 Å². The lowest BCUT2D eigenvalue weighted by Gasteiger charge is -2.33. The molecule has 0 spiro atoms. The number of carbonyl (C=O) groups excluding carboxylic acids is 2. The van der Waals surface area contributed by atoms with Gasteiger partial charge in [-0.1, -0.05) is 13.3 Å². The van der Waals surface area contributed by atoms with Crippen LogP contribution < -0.4 is 0 Å². The molecule has 6 heteroatoms. The van der Waals surface area contributed by atoms with Crippen molar-refractivity contribution >= 4 is 23.6 Å². The Balaban J connectivity index is 1.79. The molecular formula is C17H24N2O3S. The zero-order chi connectivity index (χ0) is 16.2. The lowest BCUT2D eigenvalue weighted by Crippen LogP contribution is -2.52. The first kappa shape index (κ1) is 16.4. The Morgan fingerprint density at radius 1 is 1.30 bits per heavy atom. The molecular weight excluding hydrogens is 312 g/mol. The molecule has 0 saturated carbocycles. The van der Waals surface area contributed by atoms with Crippen LogP contribution >= 0.6 is 11.8 Å². The summed E-state index contributed by atoms with van der Waals surface area (Å²) >= 11 is 1.72. The quantitative estimate of drug-likeness (QED) is 0.848. The summed E-state index contributed by atoms with van der Waals surface area (Å²) in [5.41, 5.74) is 0. The molecule has 3 heterocycles. The van der Waals surface area contributed by atoms with Crippen LogP contribution in [0.5, 0.6) is 0 Å². The number of carbonyl (C=O) groups is 2. The predicted octanol–water partition coefficient (Wildman–Crippen LogP) is 2.98.